The Morgan fingerprint density at radius 2 is 1.93 bits per heavy atom. The lowest BCUT2D eigenvalue weighted by atomic mass is 10.1. The molecular weight excluding hydrogens is 354 g/mol. The first-order valence-electron chi connectivity index (χ1n) is 9.53. The fourth-order valence-electron chi connectivity index (χ4n) is 3.16. The molecule has 0 radical (unpaired) electrons. The average Bonchev–Trinajstić information content (AvgIpc) is 2.91. The highest BCUT2D eigenvalue weighted by atomic mass is 16.4. The zero-order valence-electron chi connectivity index (χ0n) is 16.9. The Balaban J connectivity index is 1.99. The monoisotopic (exact) mass is 383 g/mol. The number of carbonyl (C=O) groups is 2. The third-order valence-corrected chi connectivity index (χ3v) is 4.88. The van der Waals surface area contributed by atoms with E-state index >= 15 is 0 Å². The van der Waals surface area contributed by atoms with Gasteiger partial charge in [0, 0.05) is 12.1 Å². The Morgan fingerprint density at radius 3 is 2.54 bits per heavy atom. The van der Waals surface area contributed by atoms with E-state index in [0.717, 1.165) is 17.0 Å². The second-order valence-electron chi connectivity index (χ2n) is 7.12. The maximum Gasteiger partial charge on any atom is 0.326 e. The lowest BCUT2D eigenvalue weighted by Gasteiger charge is -2.13. The van der Waals surface area contributed by atoms with E-state index in [2.05, 4.69) is 48.2 Å². The smallest absolute Gasteiger partial charge is 0.326 e. The van der Waals surface area contributed by atoms with E-state index < -0.39 is 12.0 Å². The molecule has 2 aromatic rings. The first-order chi connectivity index (χ1) is 13.3. The number of rotatable bonds is 10. The lowest BCUT2D eigenvalue weighted by Crippen LogP contribution is -2.40. The van der Waals surface area contributed by atoms with Crippen LogP contribution < -0.4 is 5.32 Å². The van der Waals surface area contributed by atoms with E-state index in [0.29, 0.717) is 25.8 Å². The lowest BCUT2D eigenvalue weighted by molar-refractivity contribution is -0.142. The molecule has 2 N–H and O–H groups in total. The predicted octanol–water partition coefficient (Wildman–Crippen LogP) is 3.32. The van der Waals surface area contributed by atoms with Gasteiger partial charge in [-0.25, -0.2) is 4.79 Å². The van der Waals surface area contributed by atoms with Crippen molar-refractivity contribution in [1.29, 1.82) is 0 Å². The van der Waals surface area contributed by atoms with Crippen molar-refractivity contribution in [1.82, 2.24) is 15.1 Å². The van der Waals surface area contributed by atoms with Crippen molar-refractivity contribution in [2.24, 2.45) is 0 Å². The molecule has 0 fully saturated rings. The predicted molar refractivity (Wildman–Crippen MR) is 109 cm³/mol. The summed E-state index contributed by atoms with van der Waals surface area (Å²) in [5.41, 5.74) is 5.37. The van der Waals surface area contributed by atoms with Gasteiger partial charge in [-0.15, -0.1) is 6.58 Å². The minimum Gasteiger partial charge on any atom is -0.480 e. The summed E-state index contributed by atoms with van der Waals surface area (Å²) >= 11 is 0. The fraction of sp³-hybridized carbons (Fsp3) is 0.409. The van der Waals surface area contributed by atoms with Crippen LogP contribution in [0.2, 0.25) is 0 Å². The number of carbonyl (C=O) groups excluding carboxylic acids is 1. The number of aliphatic carboxylic acids is 1. The molecule has 0 spiro atoms. The molecule has 1 aromatic heterocycles. The number of benzene rings is 1. The van der Waals surface area contributed by atoms with Gasteiger partial charge in [-0.05, 0) is 51.2 Å². The van der Waals surface area contributed by atoms with Crippen LogP contribution in [0.25, 0.3) is 0 Å². The van der Waals surface area contributed by atoms with E-state index in [-0.39, 0.29) is 12.3 Å². The minimum absolute atomic E-state index is 0.232. The van der Waals surface area contributed by atoms with Gasteiger partial charge >= 0.3 is 5.97 Å². The Bertz CT molecular complexity index is 837. The Labute approximate surface area is 166 Å². The number of allylic oxidation sites excluding steroid dienone is 1. The first-order valence-corrected chi connectivity index (χ1v) is 9.53. The average molecular weight is 383 g/mol. The van der Waals surface area contributed by atoms with Gasteiger partial charge in [-0.2, -0.15) is 5.10 Å². The van der Waals surface area contributed by atoms with E-state index in [1.165, 1.54) is 11.1 Å². The summed E-state index contributed by atoms with van der Waals surface area (Å²) in [7, 11) is 0. The highest BCUT2D eigenvalue weighted by molar-refractivity contribution is 5.83. The molecule has 6 heteroatoms. The molecule has 2 rings (SSSR count). The van der Waals surface area contributed by atoms with Crippen LogP contribution in [0.3, 0.4) is 0 Å². The zero-order chi connectivity index (χ0) is 20.7. The van der Waals surface area contributed by atoms with Crippen LogP contribution in [0.1, 0.15) is 47.3 Å². The molecule has 150 valence electrons. The van der Waals surface area contributed by atoms with Crippen LogP contribution in [0.4, 0.5) is 0 Å². The van der Waals surface area contributed by atoms with E-state index in [9.17, 15) is 14.7 Å². The largest absolute Gasteiger partial charge is 0.480 e. The van der Waals surface area contributed by atoms with Crippen molar-refractivity contribution in [3.05, 3.63) is 65.0 Å². The van der Waals surface area contributed by atoms with Gasteiger partial charge in [0.15, 0.2) is 0 Å². The van der Waals surface area contributed by atoms with Gasteiger partial charge in [-0.1, -0.05) is 35.9 Å². The Morgan fingerprint density at radius 1 is 1.25 bits per heavy atom. The summed E-state index contributed by atoms with van der Waals surface area (Å²) in [5, 5.41) is 16.4. The molecule has 0 saturated carbocycles. The summed E-state index contributed by atoms with van der Waals surface area (Å²) in [6, 6.07) is 7.47. The van der Waals surface area contributed by atoms with Crippen LogP contribution in [-0.4, -0.2) is 32.8 Å². The number of aromatic nitrogens is 2. The van der Waals surface area contributed by atoms with Gasteiger partial charge in [0.2, 0.25) is 5.91 Å². The van der Waals surface area contributed by atoms with E-state index in [1.807, 2.05) is 18.5 Å². The highest BCUT2D eigenvalue weighted by Crippen LogP contribution is 2.17. The maximum absolute atomic E-state index is 12.2. The van der Waals surface area contributed by atoms with Crippen LogP contribution in [0.15, 0.2) is 36.9 Å². The highest BCUT2D eigenvalue weighted by Gasteiger charge is 2.20. The number of nitrogens with zero attached hydrogens (tertiary/aromatic N) is 2. The van der Waals surface area contributed by atoms with Gasteiger partial charge in [0.05, 0.1) is 12.2 Å². The molecular formula is C22H29N3O3. The van der Waals surface area contributed by atoms with Crippen LogP contribution in [0, 0.1) is 20.8 Å². The van der Waals surface area contributed by atoms with Crippen molar-refractivity contribution in [3.8, 4) is 0 Å². The third-order valence-electron chi connectivity index (χ3n) is 4.88. The van der Waals surface area contributed by atoms with Crippen molar-refractivity contribution >= 4 is 11.9 Å². The second kappa shape index (κ2) is 9.88. The Kier molecular flexibility index (Phi) is 7.55. The number of hydrogen-bond donors (Lipinski definition) is 2. The van der Waals surface area contributed by atoms with E-state index in [1.54, 1.807) is 6.08 Å². The summed E-state index contributed by atoms with van der Waals surface area (Å²) in [6.07, 6.45) is 3.30. The molecule has 1 heterocycles. The first kappa shape index (κ1) is 21.4. The van der Waals surface area contributed by atoms with Gasteiger partial charge < -0.3 is 10.4 Å². The van der Waals surface area contributed by atoms with Crippen LogP contribution >= 0.6 is 0 Å². The van der Waals surface area contributed by atoms with Crippen molar-refractivity contribution < 1.29 is 14.7 Å². The normalized spacial score (nSPS) is 11.8. The van der Waals surface area contributed by atoms with Crippen molar-refractivity contribution in [2.75, 3.05) is 0 Å². The number of amides is 1. The molecule has 6 nitrogen and oxygen atoms in total. The topological polar surface area (TPSA) is 84.2 Å². The molecule has 1 aromatic carbocycles. The zero-order valence-corrected chi connectivity index (χ0v) is 16.9. The van der Waals surface area contributed by atoms with Gasteiger partial charge in [0.1, 0.15) is 6.04 Å². The quantitative estimate of drug-likeness (QED) is 0.617. The van der Waals surface area contributed by atoms with Gasteiger partial charge in [-0.3, -0.25) is 9.48 Å². The van der Waals surface area contributed by atoms with Crippen LogP contribution in [-0.2, 0) is 22.6 Å². The summed E-state index contributed by atoms with van der Waals surface area (Å²) in [4.78, 5) is 23.5. The standard InChI is InChI=1S/C22H29N3O3/c1-5-6-7-20(22(27)28)23-21(26)13-12-19-16(3)24-25(17(19)4)14-18-10-8-15(2)9-11-18/h5,8-11,20H,1,6-7,12-14H2,2-4H3,(H,23,26)(H,27,28). The molecule has 1 atom stereocenters. The number of carboxylic acids is 1. The molecule has 1 amide bonds. The molecule has 0 aliphatic carbocycles. The van der Waals surface area contributed by atoms with Crippen molar-refractivity contribution in [2.45, 2.75) is 59.0 Å². The minimum atomic E-state index is -1.02. The molecule has 0 aliphatic heterocycles. The molecule has 0 aliphatic rings. The SMILES string of the molecule is C=CCCC(NC(=O)CCc1c(C)nn(Cc2ccc(C)cc2)c1C)C(=O)O. The number of carboxylic acid groups (broad SMARTS) is 1. The molecule has 28 heavy (non-hydrogen) atoms. The molecule has 0 bridgehead atoms. The molecule has 0 saturated heterocycles. The Hall–Kier alpha value is -2.89. The van der Waals surface area contributed by atoms with Crippen molar-refractivity contribution in [3.63, 3.8) is 0 Å². The number of aryl methyl sites for hydroxylation is 2. The van der Waals surface area contributed by atoms with E-state index in [4.69, 9.17) is 0 Å². The van der Waals surface area contributed by atoms with Gasteiger partial charge in [0.25, 0.3) is 0 Å². The summed E-state index contributed by atoms with van der Waals surface area (Å²) in [5.74, 6) is -1.28. The fourth-order valence-corrected chi connectivity index (χ4v) is 3.16. The number of hydrogen-bond acceptors (Lipinski definition) is 3. The summed E-state index contributed by atoms with van der Waals surface area (Å²) in [6.45, 7) is 10.3. The maximum atomic E-state index is 12.2. The molecule has 1 unspecified atom stereocenters. The number of nitrogens with one attached hydrogen (secondary N) is 1. The third kappa shape index (κ3) is 5.81. The van der Waals surface area contributed by atoms with Crippen LogP contribution in [0.5, 0.6) is 0 Å². The second-order valence-corrected chi connectivity index (χ2v) is 7.12. The summed E-state index contributed by atoms with van der Waals surface area (Å²) < 4.78 is 1.96.